The molecule has 0 aliphatic heterocycles. The SMILES string of the molecule is COc1ccc(Sc2ncnc3sccc23)cc1. The molecule has 0 unspecified atom stereocenters. The quantitative estimate of drug-likeness (QED) is 0.679. The van der Waals surface area contributed by atoms with Gasteiger partial charge in [-0.2, -0.15) is 0 Å². The third-order valence-electron chi connectivity index (χ3n) is 2.50. The lowest BCUT2D eigenvalue weighted by molar-refractivity contribution is 0.414. The van der Waals surface area contributed by atoms with Crippen LogP contribution in [0.25, 0.3) is 10.2 Å². The maximum absolute atomic E-state index is 5.14. The lowest BCUT2D eigenvalue weighted by Gasteiger charge is -2.03. The molecule has 0 fully saturated rings. The van der Waals surface area contributed by atoms with Gasteiger partial charge in [-0.15, -0.1) is 11.3 Å². The van der Waals surface area contributed by atoms with E-state index < -0.39 is 0 Å². The van der Waals surface area contributed by atoms with E-state index >= 15 is 0 Å². The molecule has 0 amide bonds. The number of aromatic nitrogens is 2. The van der Waals surface area contributed by atoms with Gasteiger partial charge < -0.3 is 4.74 Å². The molecule has 0 saturated carbocycles. The molecule has 2 heterocycles. The molecule has 0 aliphatic carbocycles. The topological polar surface area (TPSA) is 35.0 Å². The van der Waals surface area contributed by atoms with Crippen LogP contribution >= 0.6 is 23.1 Å². The van der Waals surface area contributed by atoms with Gasteiger partial charge in [0.05, 0.1) is 7.11 Å². The molecule has 0 spiro atoms. The molecule has 0 radical (unpaired) electrons. The van der Waals surface area contributed by atoms with Crippen molar-refractivity contribution in [1.29, 1.82) is 0 Å². The van der Waals surface area contributed by atoms with Crippen LogP contribution in [0.15, 0.2) is 52.0 Å². The maximum atomic E-state index is 5.14. The van der Waals surface area contributed by atoms with Gasteiger partial charge in [0.2, 0.25) is 0 Å². The first-order valence-corrected chi connectivity index (χ1v) is 7.06. The second-order valence-corrected chi connectivity index (χ2v) is 5.55. The third-order valence-corrected chi connectivity index (χ3v) is 4.35. The lowest BCUT2D eigenvalue weighted by atomic mass is 10.3. The summed E-state index contributed by atoms with van der Waals surface area (Å²) in [7, 11) is 1.67. The molecule has 3 nitrogen and oxygen atoms in total. The first-order valence-electron chi connectivity index (χ1n) is 5.37. The van der Waals surface area contributed by atoms with Crippen LogP contribution in [0, 0.1) is 0 Å². The van der Waals surface area contributed by atoms with E-state index in [2.05, 4.69) is 16.0 Å². The Hall–Kier alpha value is -1.59. The van der Waals surface area contributed by atoms with Crippen LogP contribution in [-0.4, -0.2) is 17.1 Å². The van der Waals surface area contributed by atoms with E-state index in [1.54, 1.807) is 36.5 Å². The normalized spacial score (nSPS) is 10.7. The van der Waals surface area contributed by atoms with Crippen LogP contribution in [0.3, 0.4) is 0 Å². The van der Waals surface area contributed by atoms with E-state index in [4.69, 9.17) is 4.74 Å². The largest absolute Gasteiger partial charge is 0.497 e. The van der Waals surface area contributed by atoms with Gasteiger partial charge in [0.15, 0.2) is 0 Å². The molecule has 90 valence electrons. The van der Waals surface area contributed by atoms with E-state index in [1.807, 2.05) is 29.6 Å². The van der Waals surface area contributed by atoms with Crippen LogP contribution in [-0.2, 0) is 0 Å². The summed E-state index contributed by atoms with van der Waals surface area (Å²) in [6.45, 7) is 0. The molecule has 18 heavy (non-hydrogen) atoms. The van der Waals surface area contributed by atoms with E-state index in [1.165, 1.54) is 0 Å². The number of rotatable bonds is 3. The highest BCUT2D eigenvalue weighted by Gasteiger charge is 2.06. The van der Waals surface area contributed by atoms with Gasteiger partial charge in [-0.25, -0.2) is 9.97 Å². The van der Waals surface area contributed by atoms with Crippen molar-refractivity contribution < 1.29 is 4.74 Å². The van der Waals surface area contributed by atoms with Gasteiger partial charge >= 0.3 is 0 Å². The van der Waals surface area contributed by atoms with Gasteiger partial charge in [0.25, 0.3) is 0 Å². The minimum absolute atomic E-state index is 0.864. The monoisotopic (exact) mass is 274 g/mol. The maximum Gasteiger partial charge on any atom is 0.127 e. The molecular formula is C13H10N2OS2. The van der Waals surface area contributed by atoms with Gasteiger partial charge in [-0.1, -0.05) is 11.8 Å². The summed E-state index contributed by atoms with van der Waals surface area (Å²) in [5.74, 6) is 0.864. The summed E-state index contributed by atoms with van der Waals surface area (Å²) in [5, 5.41) is 4.15. The molecule has 1 aromatic carbocycles. The molecule has 0 bridgehead atoms. The van der Waals surface area contributed by atoms with Crippen molar-refractivity contribution in [1.82, 2.24) is 9.97 Å². The standard InChI is InChI=1S/C13H10N2OS2/c1-16-9-2-4-10(5-3-9)18-13-11-6-7-17-12(11)14-8-15-13/h2-8H,1H3. The van der Waals surface area contributed by atoms with Gasteiger partial charge in [0, 0.05) is 10.3 Å². The molecule has 5 heteroatoms. The summed E-state index contributed by atoms with van der Waals surface area (Å²) in [4.78, 5) is 10.8. The predicted molar refractivity (Wildman–Crippen MR) is 74.5 cm³/mol. The highest BCUT2D eigenvalue weighted by molar-refractivity contribution is 7.99. The number of fused-ring (bicyclic) bond motifs is 1. The second-order valence-electron chi connectivity index (χ2n) is 3.60. The first-order chi connectivity index (χ1) is 8.86. The zero-order valence-corrected chi connectivity index (χ0v) is 11.3. The number of ether oxygens (including phenoxy) is 1. The van der Waals surface area contributed by atoms with Crippen molar-refractivity contribution in [2.24, 2.45) is 0 Å². The van der Waals surface area contributed by atoms with Gasteiger partial charge in [0.1, 0.15) is 21.9 Å². The number of hydrogen-bond acceptors (Lipinski definition) is 5. The molecule has 0 N–H and O–H groups in total. The molecule has 0 saturated heterocycles. The van der Waals surface area contributed by atoms with E-state index in [9.17, 15) is 0 Å². The van der Waals surface area contributed by atoms with Crippen LogP contribution in [0.4, 0.5) is 0 Å². The van der Waals surface area contributed by atoms with Crippen molar-refractivity contribution in [2.45, 2.75) is 9.92 Å². The third kappa shape index (κ3) is 2.19. The van der Waals surface area contributed by atoms with Gasteiger partial charge in [-0.3, -0.25) is 0 Å². The zero-order valence-electron chi connectivity index (χ0n) is 9.66. The Balaban J connectivity index is 1.93. The summed E-state index contributed by atoms with van der Waals surface area (Å²) in [5.41, 5.74) is 0. The summed E-state index contributed by atoms with van der Waals surface area (Å²) < 4.78 is 5.14. The van der Waals surface area contributed by atoms with Crippen molar-refractivity contribution >= 4 is 33.3 Å². The van der Waals surface area contributed by atoms with Crippen LogP contribution in [0.1, 0.15) is 0 Å². The number of nitrogens with zero attached hydrogens (tertiary/aromatic N) is 2. The smallest absolute Gasteiger partial charge is 0.127 e. The number of benzene rings is 1. The highest BCUT2D eigenvalue weighted by Crippen LogP contribution is 2.33. The Morgan fingerprint density at radius 1 is 1.11 bits per heavy atom. The average molecular weight is 274 g/mol. The summed E-state index contributed by atoms with van der Waals surface area (Å²) in [6.07, 6.45) is 1.62. The fraction of sp³-hybridized carbons (Fsp3) is 0.0769. The van der Waals surface area contributed by atoms with Crippen LogP contribution < -0.4 is 4.74 Å². The lowest BCUT2D eigenvalue weighted by Crippen LogP contribution is -1.84. The molecule has 2 aromatic heterocycles. The Bertz CT molecular complexity index is 664. The number of thiophene rings is 1. The van der Waals surface area contributed by atoms with E-state index in [0.717, 1.165) is 25.9 Å². The fourth-order valence-electron chi connectivity index (χ4n) is 1.60. The minimum atomic E-state index is 0.864. The first kappa shape index (κ1) is 11.5. The second kappa shape index (κ2) is 4.96. The Morgan fingerprint density at radius 3 is 2.72 bits per heavy atom. The fourth-order valence-corrected chi connectivity index (χ4v) is 3.27. The summed E-state index contributed by atoms with van der Waals surface area (Å²) >= 11 is 3.27. The van der Waals surface area contributed by atoms with Crippen LogP contribution in [0.5, 0.6) is 5.75 Å². The Kier molecular flexibility index (Phi) is 3.17. The zero-order chi connectivity index (χ0) is 12.4. The molecule has 3 rings (SSSR count). The number of hydrogen-bond donors (Lipinski definition) is 0. The van der Waals surface area contributed by atoms with E-state index in [-0.39, 0.29) is 0 Å². The van der Waals surface area contributed by atoms with Gasteiger partial charge in [-0.05, 0) is 35.7 Å². The van der Waals surface area contributed by atoms with E-state index in [0.29, 0.717) is 0 Å². The van der Waals surface area contributed by atoms with Crippen LogP contribution in [0.2, 0.25) is 0 Å². The average Bonchev–Trinajstić information content (AvgIpc) is 2.89. The van der Waals surface area contributed by atoms with Crippen molar-refractivity contribution in [3.63, 3.8) is 0 Å². The van der Waals surface area contributed by atoms with Crippen molar-refractivity contribution in [3.8, 4) is 5.75 Å². The summed E-state index contributed by atoms with van der Waals surface area (Å²) in [6, 6.07) is 10.0. The Morgan fingerprint density at radius 2 is 1.94 bits per heavy atom. The highest BCUT2D eigenvalue weighted by atomic mass is 32.2. The van der Waals surface area contributed by atoms with Crippen molar-refractivity contribution in [2.75, 3.05) is 7.11 Å². The molecule has 0 atom stereocenters. The minimum Gasteiger partial charge on any atom is -0.497 e. The Labute approximate surface area is 113 Å². The predicted octanol–water partition coefficient (Wildman–Crippen LogP) is 3.85. The number of methoxy groups -OCH3 is 1. The molecule has 0 aliphatic rings. The molecule has 3 aromatic rings. The van der Waals surface area contributed by atoms with Crippen molar-refractivity contribution in [3.05, 3.63) is 42.0 Å². The molecular weight excluding hydrogens is 264 g/mol.